The molecule has 31 heavy (non-hydrogen) atoms. The summed E-state index contributed by atoms with van der Waals surface area (Å²) in [6.45, 7) is 7.57. The van der Waals surface area contributed by atoms with Crippen molar-refractivity contribution in [3.05, 3.63) is 53.5 Å². The Morgan fingerprint density at radius 3 is 2.84 bits per heavy atom. The minimum absolute atomic E-state index is 0.114. The van der Waals surface area contributed by atoms with Crippen molar-refractivity contribution in [1.82, 2.24) is 15.5 Å². The molecule has 3 rings (SSSR count). The molecule has 2 atom stereocenters. The third-order valence-corrected chi connectivity index (χ3v) is 5.38. The lowest BCUT2D eigenvalue weighted by Gasteiger charge is -2.23. The van der Waals surface area contributed by atoms with Gasteiger partial charge in [0.05, 0.1) is 25.0 Å². The van der Waals surface area contributed by atoms with E-state index >= 15 is 0 Å². The van der Waals surface area contributed by atoms with Crippen LogP contribution in [0.1, 0.15) is 42.7 Å². The number of nitrogens with one attached hydrogen (secondary N) is 2. The molecule has 170 valence electrons. The number of aryl methyl sites for hydroxylation is 1. The number of rotatable bonds is 10. The molecule has 7 nitrogen and oxygen atoms in total. The van der Waals surface area contributed by atoms with Crippen LogP contribution in [0.3, 0.4) is 0 Å². The van der Waals surface area contributed by atoms with E-state index in [1.807, 2.05) is 26.2 Å². The monoisotopic (exact) mass is 428 g/mol. The number of aliphatic imine (C=N–C) groups is 1. The van der Waals surface area contributed by atoms with E-state index in [-0.39, 0.29) is 12.1 Å². The average molecular weight is 429 g/mol. The second kappa shape index (κ2) is 11.8. The fourth-order valence-electron chi connectivity index (χ4n) is 3.60. The Morgan fingerprint density at radius 2 is 2.16 bits per heavy atom. The Labute approximate surface area is 185 Å². The van der Waals surface area contributed by atoms with Crippen molar-refractivity contribution in [3.63, 3.8) is 0 Å². The topological polar surface area (TPSA) is 71.3 Å². The highest BCUT2D eigenvalue weighted by molar-refractivity contribution is 5.79. The van der Waals surface area contributed by atoms with Gasteiger partial charge in [-0.1, -0.05) is 12.1 Å². The molecule has 0 aliphatic carbocycles. The van der Waals surface area contributed by atoms with Crippen LogP contribution in [0.2, 0.25) is 0 Å². The van der Waals surface area contributed by atoms with E-state index in [1.165, 1.54) is 5.56 Å². The number of furan rings is 1. The molecule has 1 fully saturated rings. The van der Waals surface area contributed by atoms with E-state index in [0.717, 1.165) is 49.0 Å². The molecule has 1 aromatic heterocycles. The van der Waals surface area contributed by atoms with E-state index in [1.54, 1.807) is 6.26 Å². The summed E-state index contributed by atoms with van der Waals surface area (Å²) in [6, 6.07) is 10.3. The molecule has 0 spiro atoms. The summed E-state index contributed by atoms with van der Waals surface area (Å²) in [5.41, 5.74) is 2.24. The molecular weight excluding hydrogens is 392 g/mol. The number of hydrogen-bond donors (Lipinski definition) is 2. The summed E-state index contributed by atoms with van der Waals surface area (Å²) >= 11 is 0. The number of ether oxygens (including phenoxy) is 2. The summed E-state index contributed by atoms with van der Waals surface area (Å²) in [7, 11) is 4.09. The Kier molecular flexibility index (Phi) is 8.79. The second-order valence-corrected chi connectivity index (χ2v) is 8.13. The van der Waals surface area contributed by atoms with Gasteiger partial charge < -0.3 is 24.5 Å². The van der Waals surface area contributed by atoms with Gasteiger partial charge in [0.25, 0.3) is 0 Å². The van der Waals surface area contributed by atoms with Crippen LogP contribution in [0.4, 0.5) is 0 Å². The van der Waals surface area contributed by atoms with Gasteiger partial charge in [0.15, 0.2) is 5.96 Å². The third-order valence-electron chi connectivity index (χ3n) is 5.38. The zero-order valence-electron chi connectivity index (χ0n) is 19.2. The summed E-state index contributed by atoms with van der Waals surface area (Å²) in [5, 5.41) is 6.77. The number of benzene rings is 1. The van der Waals surface area contributed by atoms with Crippen LogP contribution < -0.4 is 15.4 Å². The van der Waals surface area contributed by atoms with Crippen LogP contribution in [0.5, 0.6) is 5.75 Å². The van der Waals surface area contributed by atoms with E-state index in [2.05, 4.69) is 47.6 Å². The Hall–Kier alpha value is -2.51. The molecule has 2 aromatic rings. The molecule has 1 aliphatic rings. The highest BCUT2D eigenvalue weighted by Gasteiger charge is 2.18. The van der Waals surface area contributed by atoms with Gasteiger partial charge in [-0.2, -0.15) is 0 Å². The summed E-state index contributed by atoms with van der Waals surface area (Å²) in [5.74, 6) is 2.58. The van der Waals surface area contributed by atoms with Crippen molar-refractivity contribution in [2.24, 2.45) is 4.99 Å². The molecule has 1 aromatic carbocycles. The molecule has 0 amide bonds. The maximum Gasteiger partial charge on any atom is 0.191 e. The van der Waals surface area contributed by atoms with Crippen LogP contribution >= 0.6 is 0 Å². The molecule has 0 radical (unpaired) electrons. The molecule has 2 unspecified atom stereocenters. The number of guanidine groups is 1. The normalized spacial score (nSPS) is 17.7. The van der Waals surface area contributed by atoms with Crippen molar-refractivity contribution in [2.75, 3.05) is 40.4 Å². The molecule has 1 aliphatic heterocycles. The minimum atomic E-state index is 0.114. The molecule has 2 N–H and O–H groups in total. The second-order valence-electron chi connectivity index (χ2n) is 8.13. The quantitative estimate of drug-likeness (QED) is 0.446. The first kappa shape index (κ1) is 23.2. The standard InChI is InChI=1S/C24H36N4O3/c1-5-25-24(27-16-21(28(3)4)22-9-7-13-30-22)26-15-19-11-10-18(2)14-23(19)31-17-20-8-6-12-29-20/h7,9-11,13-14,20-21H,5-6,8,12,15-17H2,1-4H3,(H2,25,26,27). The number of nitrogens with zero attached hydrogens (tertiary/aromatic N) is 2. The van der Waals surface area contributed by atoms with Crippen molar-refractivity contribution in [1.29, 1.82) is 0 Å². The average Bonchev–Trinajstić information content (AvgIpc) is 3.45. The fourth-order valence-corrected chi connectivity index (χ4v) is 3.60. The van der Waals surface area contributed by atoms with Crippen molar-refractivity contribution < 1.29 is 13.9 Å². The van der Waals surface area contributed by atoms with Gasteiger partial charge in [-0.05, 0) is 64.5 Å². The lowest BCUT2D eigenvalue weighted by Crippen LogP contribution is -2.41. The van der Waals surface area contributed by atoms with E-state index in [9.17, 15) is 0 Å². The van der Waals surface area contributed by atoms with Crippen molar-refractivity contribution in [2.45, 2.75) is 45.4 Å². The van der Waals surface area contributed by atoms with Crippen LogP contribution in [-0.2, 0) is 11.3 Å². The molecule has 2 heterocycles. The van der Waals surface area contributed by atoms with E-state index in [4.69, 9.17) is 18.9 Å². The summed E-state index contributed by atoms with van der Waals surface area (Å²) in [4.78, 5) is 6.93. The Bertz CT molecular complexity index is 814. The number of likely N-dealkylation sites (N-methyl/N-ethyl adjacent to an activating group) is 1. The first-order chi connectivity index (χ1) is 15.1. The lowest BCUT2D eigenvalue weighted by atomic mass is 10.1. The van der Waals surface area contributed by atoms with Crippen molar-refractivity contribution in [3.8, 4) is 5.75 Å². The summed E-state index contributed by atoms with van der Waals surface area (Å²) < 4.78 is 17.4. The SMILES string of the molecule is CCNC(=NCc1ccc(C)cc1OCC1CCCO1)NCC(c1ccco1)N(C)C. The van der Waals surface area contributed by atoms with Crippen LogP contribution in [-0.4, -0.2) is 57.4 Å². The number of hydrogen-bond acceptors (Lipinski definition) is 5. The molecule has 1 saturated heterocycles. The zero-order chi connectivity index (χ0) is 22.1. The smallest absolute Gasteiger partial charge is 0.191 e. The van der Waals surface area contributed by atoms with Gasteiger partial charge >= 0.3 is 0 Å². The van der Waals surface area contributed by atoms with Gasteiger partial charge in [0.1, 0.15) is 18.1 Å². The van der Waals surface area contributed by atoms with E-state index in [0.29, 0.717) is 19.7 Å². The largest absolute Gasteiger partial charge is 0.491 e. The molecular formula is C24H36N4O3. The van der Waals surface area contributed by atoms with Crippen LogP contribution in [0.25, 0.3) is 0 Å². The van der Waals surface area contributed by atoms with Gasteiger partial charge in [-0.25, -0.2) is 4.99 Å². The predicted molar refractivity (Wildman–Crippen MR) is 124 cm³/mol. The van der Waals surface area contributed by atoms with Gasteiger partial charge in [0, 0.05) is 25.3 Å². The predicted octanol–water partition coefficient (Wildman–Crippen LogP) is 3.50. The van der Waals surface area contributed by atoms with Crippen LogP contribution in [0, 0.1) is 6.92 Å². The van der Waals surface area contributed by atoms with Crippen molar-refractivity contribution >= 4 is 5.96 Å². The van der Waals surface area contributed by atoms with Gasteiger partial charge in [-0.15, -0.1) is 0 Å². The highest BCUT2D eigenvalue weighted by Crippen LogP contribution is 2.23. The Morgan fingerprint density at radius 1 is 1.29 bits per heavy atom. The lowest BCUT2D eigenvalue weighted by molar-refractivity contribution is 0.0676. The first-order valence-electron chi connectivity index (χ1n) is 11.1. The fraction of sp³-hybridized carbons (Fsp3) is 0.542. The third kappa shape index (κ3) is 7.01. The molecule has 7 heteroatoms. The first-order valence-corrected chi connectivity index (χ1v) is 11.1. The van der Waals surface area contributed by atoms with Gasteiger partial charge in [-0.3, -0.25) is 4.90 Å². The van der Waals surface area contributed by atoms with Crippen LogP contribution in [0.15, 0.2) is 46.0 Å². The van der Waals surface area contributed by atoms with Gasteiger partial charge in [0.2, 0.25) is 0 Å². The molecule has 0 bridgehead atoms. The Balaban J connectivity index is 1.65. The minimum Gasteiger partial charge on any atom is -0.491 e. The maximum atomic E-state index is 6.12. The summed E-state index contributed by atoms with van der Waals surface area (Å²) in [6.07, 6.45) is 4.08. The molecule has 0 saturated carbocycles. The van der Waals surface area contributed by atoms with E-state index < -0.39 is 0 Å². The zero-order valence-corrected chi connectivity index (χ0v) is 19.2. The highest BCUT2D eigenvalue weighted by atomic mass is 16.5. The maximum absolute atomic E-state index is 6.12.